The second kappa shape index (κ2) is 39.2. The van der Waals surface area contributed by atoms with E-state index in [9.17, 15) is 0 Å². The van der Waals surface area contributed by atoms with Crippen molar-refractivity contribution in [2.24, 2.45) is 17.8 Å². The van der Waals surface area contributed by atoms with E-state index in [-0.39, 0.29) is 16.8 Å². The van der Waals surface area contributed by atoms with E-state index < -0.39 is 22.7 Å². The maximum atomic E-state index is 8.42. The average molecular weight is 936 g/mol. The van der Waals surface area contributed by atoms with Crippen molar-refractivity contribution in [1.82, 2.24) is 0 Å². The van der Waals surface area contributed by atoms with Gasteiger partial charge in [0.1, 0.15) is 76.3 Å². The van der Waals surface area contributed by atoms with Gasteiger partial charge in [0.05, 0.1) is 0 Å². The number of hydrogen-bond acceptors (Lipinski definition) is 15. The van der Waals surface area contributed by atoms with Gasteiger partial charge >= 0.3 is 0 Å². The molecule has 0 aliphatic rings. The zero-order valence-electron chi connectivity index (χ0n) is 45.0. The van der Waals surface area contributed by atoms with E-state index >= 15 is 0 Å². The number of rotatable bonds is 36. The molecule has 390 valence electrons. The Balaban J connectivity index is -0.000000404. The highest BCUT2D eigenvalue weighted by molar-refractivity contribution is 6.24. The fourth-order valence-electron chi connectivity index (χ4n) is 7.50. The molecule has 19 heteroatoms. The summed E-state index contributed by atoms with van der Waals surface area (Å²) in [6.45, 7) is 46.9. The summed E-state index contributed by atoms with van der Waals surface area (Å²) >= 11 is 0. The van der Waals surface area contributed by atoms with Crippen molar-refractivity contribution in [3.63, 3.8) is 0 Å². The lowest BCUT2D eigenvalue weighted by atomic mass is 9.83. The first-order valence-electron chi connectivity index (χ1n) is 24.7. The standard InChI is InChI=1S/3C15H34NO4.BO3/c3*1-8-14(9-2)15(7,10-3)20-16(17-11-4,18-12-5)19-13-6;2-1(3)4/h3*14H,8-13H2,1-7H3;/q3*+1;-3. The van der Waals surface area contributed by atoms with Crippen molar-refractivity contribution in [3.8, 4) is 0 Å². The van der Waals surface area contributed by atoms with Gasteiger partial charge in [0.15, 0.2) is 0 Å². The van der Waals surface area contributed by atoms with E-state index in [1.54, 1.807) is 0 Å². The normalized spacial score (nSPS) is 15.0. The van der Waals surface area contributed by atoms with Crippen molar-refractivity contribution < 1.29 is 88.5 Å². The highest BCUT2D eigenvalue weighted by Gasteiger charge is 2.51. The summed E-state index contributed by atoms with van der Waals surface area (Å²) < 4.78 is 0. The Labute approximate surface area is 392 Å². The second-order valence-electron chi connectivity index (χ2n) is 15.2. The molecular weight excluding hydrogens is 833 g/mol. The fourth-order valence-corrected chi connectivity index (χ4v) is 7.50. The van der Waals surface area contributed by atoms with Crippen LogP contribution in [0.15, 0.2) is 0 Å². The van der Waals surface area contributed by atoms with Crippen LogP contribution in [0.3, 0.4) is 0 Å². The topological polar surface area (TPSA) is 180 Å². The molecule has 0 radical (unpaired) electrons. The molecule has 0 amide bonds. The van der Waals surface area contributed by atoms with Crippen LogP contribution in [0.5, 0.6) is 0 Å². The van der Waals surface area contributed by atoms with Crippen molar-refractivity contribution in [3.05, 3.63) is 0 Å². The number of hydrogen-bond donors (Lipinski definition) is 0. The van der Waals surface area contributed by atoms with E-state index in [0.717, 1.165) is 57.8 Å². The SMILES string of the molecule is CCO[N+](OCC)(OCC)OC(C)(CC)C(CC)CC.CCO[N+](OCC)(OCC)OC(C)(CC)C(CC)CC.CCO[N+](OCC)(OCC)OC(C)(CC)C(CC)CC.[O-]B([O-])[O-]. The van der Waals surface area contributed by atoms with E-state index in [4.69, 9.17) is 73.1 Å². The van der Waals surface area contributed by atoms with Crippen molar-refractivity contribution in [1.29, 1.82) is 0 Å². The van der Waals surface area contributed by atoms with Gasteiger partial charge in [0.25, 0.3) is 0 Å². The maximum Gasteiger partial charge on any atom is 0.247 e. The third-order valence-electron chi connectivity index (χ3n) is 11.2. The van der Waals surface area contributed by atoms with Crippen LogP contribution in [-0.4, -0.2) is 99.0 Å². The summed E-state index contributed by atoms with van der Waals surface area (Å²) in [5.74, 6) is 1.27. The Morgan fingerprint density at radius 2 is 0.438 bits per heavy atom. The summed E-state index contributed by atoms with van der Waals surface area (Å²) in [5.41, 5.74) is -1.07. The van der Waals surface area contributed by atoms with Gasteiger partial charge in [-0.1, -0.05) is 159 Å². The largest absolute Gasteiger partial charge is 0.907 e. The Hall–Kier alpha value is -0.655. The van der Waals surface area contributed by atoms with Crippen LogP contribution in [0.2, 0.25) is 0 Å². The minimum Gasteiger partial charge on any atom is -0.907 e. The first-order chi connectivity index (χ1) is 30.1. The smallest absolute Gasteiger partial charge is 0.247 e. The summed E-state index contributed by atoms with van der Waals surface area (Å²) in [5, 5.41) is 23.3. The number of quaternary nitrogens is 3. The van der Waals surface area contributed by atoms with Gasteiger partial charge in [-0.05, 0) is 120 Å². The van der Waals surface area contributed by atoms with Gasteiger partial charge in [-0.15, -0.1) is 0 Å². The molecule has 0 saturated heterocycles. The lowest BCUT2D eigenvalue weighted by Crippen LogP contribution is -2.56. The molecule has 0 N–H and O–H groups in total. The van der Waals surface area contributed by atoms with Crippen LogP contribution in [-0.2, 0) is 58.1 Å². The van der Waals surface area contributed by atoms with Gasteiger partial charge in [-0.2, -0.15) is 0 Å². The molecule has 3 atom stereocenters. The second-order valence-corrected chi connectivity index (χ2v) is 15.2. The van der Waals surface area contributed by atoms with Crippen molar-refractivity contribution in [2.45, 2.75) is 220 Å². The predicted octanol–water partition coefficient (Wildman–Crippen LogP) is 8.63. The Morgan fingerprint density at radius 1 is 0.312 bits per heavy atom. The zero-order valence-corrected chi connectivity index (χ0v) is 45.0. The third-order valence-corrected chi connectivity index (χ3v) is 11.2. The Bertz CT molecular complexity index is 861. The molecule has 0 heterocycles. The summed E-state index contributed by atoms with van der Waals surface area (Å²) in [4.78, 5) is 69.2. The highest BCUT2D eigenvalue weighted by atomic mass is 17.4. The molecule has 0 fully saturated rings. The maximum absolute atomic E-state index is 8.42. The molecule has 0 spiro atoms. The molecule has 0 aromatic carbocycles. The van der Waals surface area contributed by atoms with Crippen LogP contribution >= 0.6 is 0 Å². The first kappa shape index (κ1) is 69.9. The lowest BCUT2D eigenvalue weighted by molar-refractivity contribution is -1.48. The average Bonchev–Trinajstić information content (AvgIpc) is 3.23. The van der Waals surface area contributed by atoms with Gasteiger partial charge < -0.3 is 15.1 Å². The van der Waals surface area contributed by atoms with Crippen molar-refractivity contribution >= 4 is 7.32 Å². The molecule has 0 aromatic heterocycles. The molecule has 0 aliphatic heterocycles. The molecule has 64 heavy (non-hydrogen) atoms. The zero-order chi connectivity index (χ0) is 50.5. The predicted molar refractivity (Wildman–Crippen MR) is 243 cm³/mol. The molecule has 0 aliphatic carbocycles. The van der Waals surface area contributed by atoms with Gasteiger partial charge in [0, 0.05) is 0 Å². The van der Waals surface area contributed by atoms with E-state index in [0.29, 0.717) is 77.2 Å². The van der Waals surface area contributed by atoms with Gasteiger partial charge in [-0.3, -0.25) is 7.32 Å². The van der Waals surface area contributed by atoms with E-state index in [1.807, 2.05) is 62.3 Å². The molecule has 3 unspecified atom stereocenters. The highest BCUT2D eigenvalue weighted by Crippen LogP contribution is 2.37. The van der Waals surface area contributed by atoms with E-state index in [2.05, 4.69) is 83.1 Å². The van der Waals surface area contributed by atoms with Crippen LogP contribution in [0.1, 0.15) is 203 Å². The monoisotopic (exact) mass is 936 g/mol. The summed E-state index contributed by atoms with van der Waals surface area (Å²) in [6, 6.07) is 0. The molecule has 18 nitrogen and oxygen atoms in total. The minimum atomic E-state index is -2.92. The molecule has 0 saturated carbocycles. The van der Waals surface area contributed by atoms with Gasteiger partial charge in [0.2, 0.25) is 15.4 Å². The summed E-state index contributed by atoms with van der Waals surface area (Å²) in [7, 11) is -2.92. The van der Waals surface area contributed by atoms with Crippen LogP contribution < -0.4 is 15.1 Å². The molecule has 0 rings (SSSR count). The third kappa shape index (κ3) is 26.2. The Kier molecular flexibility index (Phi) is 42.8. The van der Waals surface area contributed by atoms with E-state index in [1.165, 1.54) is 0 Å². The first-order valence-corrected chi connectivity index (χ1v) is 24.7. The molecular formula is C45H102BN3O15. The molecule has 0 aromatic rings. The Morgan fingerprint density at radius 3 is 0.516 bits per heavy atom. The van der Waals surface area contributed by atoms with Crippen molar-refractivity contribution in [2.75, 3.05) is 59.5 Å². The quantitative estimate of drug-likeness (QED) is 0.0331. The number of nitrogens with zero attached hydrogens (tertiary/aromatic N) is 3. The van der Waals surface area contributed by atoms with Gasteiger partial charge in [-0.25, -0.2) is 0 Å². The molecule has 0 bridgehead atoms. The summed E-state index contributed by atoms with van der Waals surface area (Å²) in [6.07, 6.45) is 8.88. The van der Waals surface area contributed by atoms with Crippen LogP contribution in [0.25, 0.3) is 0 Å². The minimum absolute atomic E-state index is 0.358. The lowest BCUT2D eigenvalue weighted by Gasteiger charge is -2.37. The van der Waals surface area contributed by atoms with Crippen LogP contribution in [0, 0.1) is 17.8 Å². The fraction of sp³-hybridized carbons (Fsp3) is 1.00. The van der Waals surface area contributed by atoms with Crippen LogP contribution in [0.4, 0.5) is 0 Å².